The van der Waals surface area contributed by atoms with Gasteiger partial charge in [0.2, 0.25) is 0 Å². The molecule has 1 unspecified atom stereocenters. The van der Waals surface area contributed by atoms with Gasteiger partial charge in [-0.1, -0.05) is 38.1 Å². The highest BCUT2D eigenvalue weighted by atomic mass is 16.7. The number of hydrogen-bond donors (Lipinski definition) is 1. The van der Waals surface area contributed by atoms with Crippen molar-refractivity contribution in [2.75, 3.05) is 19.8 Å². The maximum Gasteiger partial charge on any atom is 0.172 e. The van der Waals surface area contributed by atoms with Gasteiger partial charge in [0.05, 0.1) is 6.04 Å². The van der Waals surface area contributed by atoms with E-state index >= 15 is 0 Å². The molecule has 3 heteroatoms. The topological polar surface area (TPSA) is 30.5 Å². The van der Waals surface area contributed by atoms with Gasteiger partial charge in [-0.05, 0) is 44.4 Å². The minimum absolute atomic E-state index is 0.184. The maximum atomic E-state index is 5.73. The lowest BCUT2D eigenvalue weighted by Crippen LogP contribution is -2.44. The minimum Gasteiger partial charge on any atom is -0.351 e. The van der Waals surface area contributed by atoms with Gasteiger partial charge >= 0.3 is 0 Å². The Morgan fingerprint density at radius 1 is 0.900 bits per heavy atom. The Morgan fingerprint density at radius 2 is 1.45 bits per heavy atom. The molecule has 1 rings (SSSR count). The Kier molecular flexibility index (Phi) is 8.51. The SMILES string of the molecule is CCNC(Cc1ccc(CC)cc1)C(OCC)OCC. The van der Waals surface area contributed by atoms with Crippen LogP contribution in [0.1, 0.15) is 38.8 Å². The van der Waals surface area contributed by atoms with E-state index in [1.165, 1.54) is 11.1 Å². The molecule has 1 N–H and O–H groups in total. The number of benzene rings is 1. The van der Waals surface area contributed by atoms with Crippen molar-refractivity contribution in [1.29, 1.82) is 0 Å². The largest absolute Gasteiger partial charge is 0.351 e. The summed E-state index contributed by atoms with van der Waals surface area (Å²) in [4.78, 5) is 0. The maximum absolute atomic E-state index is 5.73. The molecular formula is C17H29NO2. The van der Waals surface area contributed by atoms with E-state index in [0.29, 0.717) is 13.2 Å². The van der Waals surface area contributed by atoms with E-state index in [1.54, 1.807) is 0 Å². The van der Waals surface area contributed by atoms with Gasteiger partial charge in [0, 0.05) is 13.2 Å². The number of rotatable bonds is 10. The van der Waals surface area contributed by atoms with Crippen LogP contribution in [0.5, 0.6) is 0 Å². The van der Waals surface area contributed by atoms with Crippen LogP contribution in [0.15, 0.2) is 24.3 Å². The molecule has 0 aliphatic heterocycles. The Balaban J connectivity index is 2.72. The molecule has 0 aromatic heterocycles. The molecule has 114 valence electrons. The zero-order valence-electron chi connectivity index (χ0n) is 13.3. The van der Waals surface area contributed by atoms with Gasteiger partial charge in [-0.2, -0.15) is 0 Å². The molecule has 0 saturated carbocycles. The van der Waals surface area contributed by atoms with E-state index in [0.717, 1.165) is 19.4 Å². The molecule has 0 aliphatic carbocycles. The molecule has 0 saturated heterocycles. The quantitative estimate of drug-likeness (QED) is 0.667. The summed E-state index contributed by atoms with van der Waals surface area (Å²) in [7, 11) is 0. The first-order valence-electron chi connectivity index (χ1n) is 7.79. The van der Waals surface area contributed by atoms with Crippen LogP contribution in [-0.2, 0) is 22.3 Å². The number of nitrogens with one attached hydrogen (secondary N) is 1. The summed E-state index contributed by atoms with van der Waals surface area (Å²) in [6, 6.07) is 9.01. The van der Waals surface area contributed by atoms with Crippen molar-refractivity contribution in [1.82, 2.24) is 5.32 Å². The van der Waals surface area contributed by atoms with Gasteiger partial charge in [0.15, 0.2) is 6.29 Å². The summed E-state index contributed by atoms with van der Waals surface area (Å²) in [5.74, 6) is 0. The van der Waals surface area contributed by atoms with Crippen LogP contribution in [0.25, 0.3) is 0 Å². The number of hydrogen-bond acceptors (Lipinski definition) is 3. The van der Waals surface area contributed by atoms with Crippen LogP contribution < -0.4 is 5.32 Å². The summed E-state index contributed by atoms with van der Waals surface area (Å²) in [5, 5.41) is 3.48. The van der Waals surface area contributed by atoms with Gasteiger partial charge in [-0.25, -0.2) is 0 Å². The molecule has 0 radical (unpaired) electrons. The van der Waals surface area contributed by atoms with Crippen molar-refractivity contribution in [2.45, 2.75) is 52.9 Å². The van der Waals surface area contributed by atoms with E-state index in [9.17, 15) is 0 Å². The average Bonchev–Trinajstić information content (AvgIpc) is 2.47. The predicted octanol–water partition coefficient (Wildman–Crippen LogP) is 3.17. The minimum atomic E-state index is -0.184. The average molecular weight is 279 g/mol. The van der Waals surface area contributed by atoms with Crippen LogP contribution in [0.2, 0.25) is 0 Å². The second-order valence-corrected chi connectivity index (χ2v) is 4.82. The Bertz CT molecular complexity index is 345. The van der Waals surface area contributed by atoms with Gasteiger partial charge in [0.25, 0.3) is 0 Å². The number of likely N-dealkylation sites (N-methyl/N-ethyl adjacent to an activating group) is 1. The molecule has 0 bridgehead atoms. The molecule has 1 aromatic carbocycles. The highest BCUT2D eigenvalue weighted by Crippen LogP contribution is 2.12. The highest BCUT2D eigenvalue weighted by Gasteiger charge is 2.21. The van der Waals surface area contributed by atoms with E-state index in [1.807, 2.05) is 13.8 Å². The fraction of sp³-hybridized carbons (Fsp3) is 0.647. The second-order valence-electron chi connectivity index (χ2n) is 4.82. The molecule has 1 aromatic rings. The van der Waals surface area contributed by atoms with Crippen molar-refractivity contribution in [3.05, 3.63) is 35.4 Å². The van der Waals surface area contributed by atoms with Gasteiger partial charge in [-0.3, -0.25) is 0 Å². The first kappa shape index (κ1) is 17.2. The summed E-state index contributed by atoms with van der Waals surface area (Å²) in [6.07, 6.45) is 1.82. The van der Waals surface area contributed by atoms with Crippen molar-refractivity contribution in [2.24, 2.45) is 0 Å². The normalized spacial score (nSPS) is 12.8. The molecule has 1 atom stereocenters. The smallest absolute Gasteiger partial charge is 0.172 e. The monoisotopic (exact) mass is 279 g/mol. The first-order chi connectivity index (χ1) is 9.74. The lowest BCUT2D eigenvalue weighted by Gasteiger charge is -2.27. The zero-order chi connectivity index (χ0) is 14.8. The predicted molar refractivity (Wildman–Crippen MR) is 84.0 cm³/mol. The van der Waals surface area contributed by atoms with Gasteiger partial charge < -0.3 is 14.8 Å². The number of ether oxygens (including phenoxy) is 2. The molecule has 0 fully saturated rings. The van der Waals surface area contributed by atoms with Crippen LogP contribution in [0.3, 0.4) is 0 Å². The van der Waals surface area contributed by atoms with Crippen molar-refractivity contribution in [3.63, 3.8) is 0 Å². The van der Waals surface area contributed by atoms with Crippen molar-refractivity contribution in [3.8, 4) is 0 Å². The summed E-state index contributed by atoms with van der Waals surface area (Å²) < 4.78 is 11.5. The second kappa shape index (κ2) is 9.92. The molecule has 3 nitrogen and oxygen atoms in total. The van der Waals surface area contributed by atoms with E-state index < -0.39 is 0 Å². The van der Waals surface area contributed by atoms with Crippen LogP contribution in [0.4, 0.5) is 0 Å². The summed E-state index contributed by atoms with van der Waals surface area (Å²) in [6.45, 7) is 10.5. The van der Waals surface area contributed by atoms with E-state index in [4.69, 9.17) is 9.47 Å². The van der Waals surface area contributed by atoms with Gasteiger partial charge in [0.1, 0.15) is 0 Å². The van der Waals surface area contributed by atoms with Crippen molar-refractivity contribution < 1.29 is 9.47 Å². The lowest BCUT2D eigenvalue weighted by molar-refractivity contribution is -0.153. The van der Waals surface area contributed by atoms with Crippen LogP contribution in [0, 0.1) is 0 Å². The zero-order valence-corrected chi connectivity index (χ0v) is 13.3. The molecule has 0 heterocycles. The lowest BCUT2D eigenvalue weighted by atomic mass is 10.0. The third kappa shape index (κ3) is 5.61. The Hall–Kier alpha value is -0.900. The fourth-order valence-corrected chi connectivity index (χ4v) is 2.30. The van der Waals surface area contributed by atoms with Gasteiger partial charge in [-0.15, -0.1) is 0 Å². The number of aryl methyl sites for hydroxylation is 1. The summed E-state index contributed by atoms with van der Waals surface area (Å²) in [5.41, 5.74) is 2.69. The standard InChI is InChI=1S/C17H29NO2/c1-5-14-9-11-15(12-10-14)13-16(18-6-2)17(19-7-3)20-8-4/h9-12,16-18H,5-8,13H2,1-4H3. The fourth-order valence-electron chi connectivity index (χ4n) is 2.30. The third-order valence-corrected chi connectivity index (χ3v) is 3.34. The van der Waals surface area contributed by atoms with E-state index in [-0.39, 0.29) is 12.3 Å². The Labute approximate surface area is 123 Å². The van der Waals surface area contributed by atoms with E-state index in [2.05, 4.69) is 43.4 Å². The Morgan fingerprint density at radius 3 is 1.90 bits per heavy atom. The van der Waals surface area contributed by atoms with Crippen LogP contribution >= 0.6 is 0 Å². The molecule has 0 aliphatic rings. The van der Waals surface area contributed by atoms with Crippen LogP contribution in [-0.4, -0.2) is 32.1 Å². The van der Waals surface area contributed by atoms with Crippen molar-refractivity contribution >= 4 is 0 Å². The summed E-state index contributed by atoms with van der Waals surface area (Å²) >= 11 is 0. The first-order valence-corrected chi connectivity index (χ1v) is 7.79. The third-order valence-electron chi connectivity index (χ3n) is 3.34. The molecule has 0 amide bonds. The molecular weight excluding hydrogens is 250 g/mol. The molecule has 20 heavy (non-hydrogen) atoms. The molecule has 0 spiro atoms. The highest BCUT2D eigenvalue weighted by molar-refractivity contribution is 5.23.